The molecule has 39 heavy (non-hydrogen) atoms. The molecule has 3 aromatic carbocycles. The Morgan fingerprint density at radius 1 is 1.00 bits per heavy atom. The molecule has 1 aliphatic heterocycles. The van der Waals surface area contributed by atoms with Gasteiger partial charge in [-0.25, -0.2) is 0 Å². The van der Waals surface area contributed by atoms with Crippen LogP contribution in [0.25, 0.3) is 11.0 Å². The first kappa shape index (κ1) is 26.8. The molecule has 202 valence electrons. The second-order valence-corrected chi connectivity index (χ2v) is 10.1. The predicted molar refractivity (Wildman–Crippen MR) is 150 cm³/mol. The zero-order chi connectivity index (χ0) is 27.5. The Balaban J connectivity index is 1.54. The average molecular weight is 548 g/mol. The molecule has 7 nitrogen and oxygen atoms in total. The average Bonchev–Trinajstić information content (AvgIpc) is 3.22. The molecule has 1 aromatic heterocycles. The molecule has 0 bridgehead atoms. The number of carbonyl (C=O) groups excluding carboxylic acids is 1. The van der Waals surface area contributed by atoms with Gasteiger partial charge in [0.15, 0.2) is 16.9 Å². The Morgan fingerprint density at radius 2 is 1.79 bits per heavy atom. The summed E-state index contributed by atoms with van der Waals surface area (Å²) in [7, 11) is 1.56. The lowest BCUT2D eigenvalue weighted by Gasteiger charge is -2.26. The highest BCUT2D eigenvalue weighted by Gasteiger charge is 2.42. The van der Waals surface area contributed by atoms with E-state index in [1.54, 1.807) is 36.3 Å². The summed E-state index contributed by atoms with van der Waals surface area (Å²) in [6.07, 6.45) is 0.682. The normalized spacial score (nSPS) is 14.7. The van der Waals surface area contributed by atoms with Crippen molar-refractivity contribution in [2.75, 3.05) is 20.3 Å². The van der Waals surface area contributed by atoms with Crippen LogP contribution in [0.4, 0.5) is 0 Å². The number of hydrogen-bond donors (Lipinski definition) is 0. The molecule has 4 aromatic rings. The van der Waals surface area contributed by atoms with Crippen LogP contribution < -0.4 is 14.9 Å². The second-order valence-electron chi connectivity index (χ2n) is 9.67. The van der Waals surface area contributed by atoms with E-state index in [1.807, 2.05) is 56.3 Å². The van der Waals surface area contributed by atoms with Crippen LogP contribution in [0.2, 0.25) is 5.02 Å². The van der Waals surface area contributed by atoms with Gasteiger partial charge in [-0.2, -0.15) is 0 Å². The zero-order valence-corrected chi connectivity index (χ0v) is 22.9. The van der Waals surface area contributed by atoms with Crippen LogP contribution in [0, 0.1) is 0 Å². The maximum Gasteiger partial charge on any atom is 0.290 e. The molecule has 1 amide bonds. The van der Waals surface area contributed by atoms with E-state index >= 15 is 0 Å². The summed E-state index contributed by atoms with van der Waals surface area (Å²) in [5.41, 5.74) is 2.07. The van der Waals surface area contributed by atoms with Crippen LogP contribution in [-0.2, 0) is 11.3 Å². The third-order valence-corrected chi connectivity index (χ3v) is 6.90. The molecule has 5 rings (SSSR count). The van der Waals surface area contributed by atoms with Gasteiger partial charge in [-0.05, 0) is 61.7 Å². The van der Waals surface area contributed by atoms with Crippen molar-refractivity contribution in [3.63, 3.8) is 0 Å². The number of ether oxygens (including phenoxy) is 3. The van der Waals surface area contributed by atoms with Crippen molar-refractivity contribution in [1.82, 2.24) is 4.90 Å². The minimum Gasteiger partial charge on any atom is -0.493 e. The smallest absolute Gasteiger partial charge is 0.290 e. The lowest BCUT2D eigenvalue weighted by Crippen LogP contribution is -2.31. The number of fused-ring (bicyclic) bond motifs is 2. The number of carbonyl (C=O) groups is 1. The molecule has 0 saturated carbocycles. The van der Waals surface area contributed by atoms with Crippen molar-refractivity contribution in [3.05, 3.63) is 104 Å². The number of methoxy groups -OCH3 is 1. The summed E-state index contributed by atoms with van der Waals surface area (Å²) in [5.74, 6) is 0.773. The highest BCUT2D eigenvalue weighted by molar-refractivity contribution is 6.31. The molecular formula is C31H30ClNO6. The van der Waals surface area contributed by atoms with Crippen molar-refractivity contribution >= 4 is 28.5 Å². The Labute approximate surface area is 231 Å². The highest BCUT2D eigenvalue weighted by Crippen LogP contribution is 2.41. The van der Waals surface area contributed by atoms with Crippen molar-refractivity contribution < 1.29 is 23.4 Å². The molecule has 0 radical (unpaired) electrons. The summed E-state index contributed by atoms with van der Waals surface area (Å²) >= 11 is 6.19. The first-order valence-electron chi connectivity index (χ1n) is 12.9. The summed E-state index contributed by atoms with van der Waals surface area (Å²) in [6, 6.07) is 19.5. The fourth-order valence-corrected chi connectivity index (χ4v) is 5.00. The molecule has 0 N–H and O–H groups in total. The molecular weight excluding hydrogens is 518 g/mol. The molecule has 0 spiro atoms. The number of halogens is 1. The van der Waals surface area contributed by atoms with Gasteiger partial charge in [-0.1, -0.05) is 48.0 Å². The number of hydrogen-bond acceptors (Lipinski definition) is 6. The Morgan fingerprint density at radius 3 is 2.54 bits per heavy atom. The molecule has 8 heteroatoms. The van der Waals surface area contributed by atoms with Crippen LogP contribution in [0.3, 0.4) is 0 Å². The first-order valence-corrected chi connectivity index (χ1v) is 13.3. The maximum absolute atomic E-state index is 13.8. The van der Waals surface area contributed by atoms with Crippen LogP contribution in [0.15, 0.2) is 75.9 Å². The molecule has 1 aliphatic rings. The standard InChI is InChI=1S/C31H30ClNO6/c1-19(2)37-15-7-14-33-28(27-29(34)23-17-22(32)11-13-24(23)39-30(27)31(33)35)21-10-12-25(26(16-21)36-3)38-18-20-8-5-4-6-9-20/h4-6,8-13,16-17,19,28H,7,14-15,18H2,1-3H3. The zero-order valence-electron chi connectivity index (χ0n) is 22.1. The van der Waals surface area contributed by atoms with E-state index < -0.39 is 6.04 Å². The molecule has 0 saturated heterocycles. The Hall–Kier alpha value is -3.81. The lowest BCUT2D eigenvalue weighted by atomic mass is 9.98. The largest absolute Gasteiger partial charge is 0.493 e. The van der Waals surface area contributed by atoms with E-state index in [0.717, 1.165) is 5.56 Å². The van der Waals surface area contributed by atoms with Gasteiger partial charge in [0, 0.05) is 18.2 Å². The van der Waals surface area contributed by atoms with Gasteiger partial charge in [0.1, 0.15) is 12.2 Å². The van der Waals surface area contributed by atoms with Gasteiger partial charge in [0.05, 0.1) is 30.2 Å². The quantitative estimate of drug-likeness (QED) is 0.214. The molecule has 1 unspecified atom stereocenters. The van der Waals surface area contributed by atoms with Crippen LogP contribution >= 0.6 is 11.6 Å². The van der Waals surface area contributed by atoms with E-state index in [9.17, 15) is 9.59 Å². The SMILES string of the molecule is COc1cc(C2c3c(oc4ccc(Cl)cc4c3=O)C(=O)N2CCCOC(C)C)ccc1OCc1ccccc1. The van der Waals surface area contributed by atoms with Crippen molar-refractivity contribution in [2.45, 2.75) is 39.0 Å². The number of benzene rings is 3. The van der Waals surface area contributed by atoms with E-state index in [0.29, 0.717) is 64.8 Å². The van der Waals surface area contributed by atoms with Gasteiger partial charge in [-0.3, -0.25) is 9.59 Å². The van der Waals surface area contributed by atoms with Crippen LogP contribution in [-0.4, -0.2) is 37.2 Å². The van der Waals surface area contributed by atoms with Crippen molar-refractivity contribution in [3.8, 4) is 11.5 Å². The summed E-state index contributed by atoms with van der Waals surface area (Å²) < 4.78 is 23.4. The monoisotopic (exact) mass is 547 g/mol. The van der Waals surface area contributed by atoms with E-state index in [1.165, 1.54) is 0 Å². The van der Waals surface area contributed by atoms with Gasteiger partial charge >= 0.3 is 0 Å². The molecule has 2 heterocycles. The second kappa shape index (κ2) is 11.5. The lowest BCUT2D eigenvalue weighted by molar-refractivity contribution is 0.0593. The van der Waals surface area contributed by atoms with Gasteiger partial charge in [0.2, 0.25) is 5.76 Å². The van der Waals surface area contributed by atoms with E-state index in [-0.39, 0.29) is 23.2 Å². The first-order chi connectivity index (χ1) is 18.9. The van der Waals surface area contributed by atoms with Crippen molar-refractivity contribution in [2.24, 2.45) is 0 Å². The van der Waals surface area contributed by atoms with Gasteiger partial charge in [-0.15, -0.1) is 0 Å². The van der Waals surface area contributed by atoms with Crippen molar-refractivity contribution in [1.29, 1.82) is 0 Å². The molecule has 0 fully saturated rings. The fraction of sp³-hybridized carbons (Fsp3) is 0.290. The topological polar surface area (TPSA) is 78.2 Å². The van der Waals surface area contributed by atoms with Gasteiger partial charge in [0.25, 0.3) is 5.91 Å². The summed E-state index contributed by atoms with van der Waals surface area (Å²) in [6.45, 7) is 5.17. The van der Waals surface area contributed by atoms with E-state index in [2.05, 4.69) is 0 Å². The number of nitrogens with zero attached hydrogens (tertiary/aromatic N) is 1. The maximum atomic E-state index is 13.8. The molecule has 1 atom stereocenters. The Bertz CT molecular complexity index is 1550. The number of rotatable bonds is 10. The third-order valence-electron chi connectivity index (χ3n) is 6.66. The summed E-state index contributed by atoms with van der Waals surface area (Å²) in [4.78, 5) is 29.1. The third kappa shape index (κ3) is 5.51. The minimum atomic E-state index is -0.664. The van der Waals surface area contributed by atoms with Crippen LogP contribution in [0.1, 0.15) is 53.6 Å². The van der Waals surface area contributed by atoms with E-state index in [4.69, 9.17) is 30.2 Å². The molecule has 0 aliphatic carbocycles. The van der Waals surface area contributed by atoms with Crippen LogP contribution in [0.5, 0.6) is 11.5 Å². The Kier molecular flexibility index (Phi) is 7.91. The predicted octanol–water partition coefficient (Wildman–Crippen LogP) is 6.39. The number of amides is 1. The van der Waals surface area contributed by atoms with Gasteiger partial charge < -0.3 is 23.5 Å². The highest BCUT2D eigenvalue weighted by atomic mass is 35.5. The fourth-order valence-electron chi connectivity index (χ4n) is 4.83. The summed E-state index contributed by atoms with van der Waals surface area (Å²) in [5, 5.41) is 0.749. The minimum absolute atomic E-state index is 0.0490.